The largest absolute Gasteiger partial charge is 0.378 e. The molecule has 4 nitrogen and oxygen atoms in total. The fourth-order valence-electron chi connectivity index (χ4n) is 3.08. The molecule has 124 valence electrons. The fourth-order valence-corrected chi connectivity index (χ4v) is 3.08. The van der Waals surface area contributed by atoms with Crippen molar-refractivity contribution in [3.63, 3.8) is 0 Å². The quantitative estimate of drug-likeness (QED) is 0.748. The van der Waals surface area contributed by atoms with Gasteiger partial charge in [0.05, 0.1) is 18.6 Å². The van der Waals surface area contributed by atoms with Crippen LogP contribution < -0.4 is 0 Å². The first-order valence-electron chi connectivity index (χ1n) is 8.17. The summed E-state index contributed by atoms with van der Waals surface area (Å²) in [4.78, 5) is 12.2. The number of hydrogen-bond donors (Lipinski definition) is 1. The van der Waals surface area contributed by atoms with Crippen molar-refractivity contribution in [3.05, 3.63) is 82.7 Å². The van der Waals surface area contributed by atoms with Crippen LogP contribution in [0.1, 0.15) is 39.7 Å². The Morgan fingerprint density at radius 2 is 1.88 bits per heavy atom. The van der Waals surface area contributed by atoms with Gasteiger partial charge in [-0.05, 0) is 42.7 Å². The molecule has 0 fully saturated rings. The zero-order chi connectivity index (χ0) is 16.9. The minimum absolute atomic E-state index is 0.206. The maximum Gasteiger partial charge on any atom is 0.0921 e. The molecule has 3 rings (SSSR count). The van der Waals surface area contributed by atoms with E-state index in [2.05, 4.69) is 48.1 Å². The second-order valence-electron chi connectivity index (χ2n) is 6.11. The minimum atomic E-state index is 0.206. The highest BCUT2D eigenvalue weighted by Gasteiger charge is 2.19. The van der Waals surface area contributed by atoms with Crippen LogP contribution in [-0.2, 0) is 17.8 Å². The molecule has 4 heteroatoms. The van der Waals surface area contributed by atoms with E-state index in [4.69, 9.17) is 9.72 Å². The molecule has 1 unspecified atom stereocenters. The molecule has 1 aromatic carbocycles. The topological polar surface area (TPSA) is 50.8 Å². The van der Waals surface area contributed by atoms with Crippen LogP contribution in [0.25, 0.3) is 0 Å². The number of methoxy groups -OCH3 is 1. The predicted molar refractivity (Wildman–Crippen MR) is 95.0 cm³/mol. The van der Waals surface area contributed by atoms with Crippen molar-refractivity contribution in [1.82, 2.24) is 15.0 Å². The number of nitrogens with zero attached hydrogens (tertiary/aromatic N) is 2. The Morgan fingerprint density at radius 1 is 1.08 bits per heavy atom. The molecular formula is C20H23N3O. The number of aromatic amines is 1. The summed E-state index contributed by atoms with van der Waals surface area (Å²) in [5.74, 6) is 0.206. The molecule has 0 spiro atoms. The fraction of sp³-hybridized carbons (Fsp3) is 0.300. The Labute approximate surface area is 142 Å². The number of benzene rings is 1. The third-order valence-electron chi connectivity index (χ3n) is 4.49. The van der Waals surface area contributed by atoms with Crippen molar-refractivity contribution in [2.45, 2.75) is 32.8 Å². The molecule has 0 saturated heterocycles. The van der Waals surface area contributed by atoms with Crippen molar-refractivity contribution in [2.24, 2.45) is 0 Å². The molecule has 0 bridgehead atoms. The van der Waals surface area contributed by atoms with E-state index >= 15 is 0 Å². The van der Waals surface area contributed by atoms with Gasteiger partial charge in [-0.1, -0.05) is 24.3 Å². The van der Waals surface area contributed by atoms with Crippen LogP contribution in [0.4, 0.5) is 0 Å². The number of ether oxygens (including phenoxy) is 1. The summed E-state index contributed by atoms with van der Waals surface area (Å²) < 4.78 is 5.20. The van der Waals surface area contributed by atoms with Gasteiger partial charge in [-0.3, -0.25) is 4.98 Å². The molecule has 1 atom stereocenters. The van der Waals surface area contributed by atoms with Gasteiger partial charge in [0.15, 0.2) is 0 Å². The average Bonchev–Trinajstić information content (AvgIpc) is 3.11. The molecule has 2 heterocycles. The molecule has 0 aliphatic carbocycles. The molecule has 0 radical (unpaired) electrons. The van der Waals surface area contributed by atoms with Crippen LogP contribution in [0.2, 0.25) is 0 Å². The third kappa shape index (κ3) is 3.54. The van der Waals surface area contributed by atoms with E-state index in [9.17, 15) is 0 Å². The van der Waals surface area contributed by atoms with Gasteiger partial charge in [0.2, 0.25) is 0 Å². The lowest BCUT2D eigenvalue weighted by molar-refractivity contribution is 0.181. The predicted octanol–water partition coefficient (Wildman–Crippen LogP) is 3.94. The summed E-state index contributed by atoms with van der Waals surface area (Å²) >= 11 is 0. The maximum absolute atomic E-state index is 5.20. The van der Waals surface area contributed by atoms with Crippen LogP contribution in [0.5, 0.6) is 0 Å². The second-order valence-corrected chi connectivity index (χ2v) is 6.11. The van der Waals surface area contributed by atoms with Crippen molar-refractivity contribution in [2.75, 3.05) is 7.11 Å². The van der Waals surface area contributed by atoms with Gasteiger partial charge in [0.25, 0.3) is 0 Å². The first-order chi connectivity index (χ1) is 11.7. The van der Waals surface area contributed by atoms with Gasteiger partial charge in [0.1, 0.15) is 0 Å². The standard InChI is InChI=1S/C20H23N3O/c1-14-6-4-9-18(15(14)2)19(20-11-21-13-22-20)10-16-7-5-8-17(23-16)12-24-3/h4-9,11,13,19H,10,12H2,1-3H3,(H,21,22). The molecule has 0 amide bonds. The van der Waals surface area contributed by atoms with E-state index in [1.54, 1.807) is 13.4 Å². The Hall–Kier alpha value is -2.46. The number of imidazole rings is 1. The summed E-state index contributed by atoms with van der Waals surface area (Å²) in [5.41, 5.74) is 7.08. The Bertz CT molecular complexity index is 796. The Kier molecular flexibility index (Phi) is 5.06. The zero-order valence-electron chi connectivity index (χ0n) is 14.4. The molecular weight excluding hydrogens is 298 g/mol. The van der Waals surface area contributed by atoms with Gasteiger partial charge < -0.3 is 9.72 Å². The Balaban J connectivity index is 1.97. The molecule has 0 saturated carbocycles. The lowest BCUT2D eigenvalue weighted by atomic mass is 9.87. The monoisotopic (exact) mass is 321 g/mol. The summed E-state index contributed by atoms with van der Waals surface area (Å²) in [5, 5.41) is 0. The third-order valence-corrected chi connectivity index (χ3v) is 4.49. The molecule has 0 aliphatic rings. The van der Waals surface area contributed by atoms with E-state index in [0.717, 1.165) is 23.5 Å². The number of pyridine rings is 1. The first kappa shape index (κ1) is 16.4. The molecule has 2 aromatic heterocycles. The number of aryl methyl sites for hydroxylation is 1. The molecule has 24 heavy (non-hydrogen) atoms. The normalized spacial score (nSPS) is 12.3. The van der Waals surface area contributed by atoms with Crippen molar-refractivity contribution in [3.8, 4) is 0 Å². The van der Waals surface area contributed by atoms with Crippen LogP contribution >= 0.6 is 0 Å². The summed E-state index contributed by atoms with van der Waals surface area (Å²) in [6.45, 7) is 4.87. The van der Waals surface area contributed by atoms with Gasteiger partial charge in [-0.15, -0.1) is 0 Å². The van der Waals surface area contributed by atoms with Crippen LogP contribution in [0.3, 0.4) is 0 Å². The molecule has 0 aliphatic heterocycles. The summed E-state index contributed by atoms with van der Waals surface area (Å²) in [7, 11) is 1.69. The SMILES string of the molecule is COCc1cccc(CC(c2cnc[nH]2)c2cccc(C)c2C)n1. The molecule has 3 aromatic rings. The highest BCUT2D eigenvalue weighted by Crippen LogP contribution is 2.30. The smallest absolute Gasteiger partial charge is 0.0921 e. The number of H-pyrrole nitrogens is 1. The summed E-state index contributed by atoms with van der Waals surface area (Å²) in [6, 6.07) is 12.6. The van der Waals surface area contributed by atoms with Gasteiger partial charge in [-0.25, -0.2) is 4.98 Å². The number of aromatic nitrogens is 3. The van der Waals surface area contributed by atoms with Crippen LogP contribution in [0, 0.1) is 13.8 Å². The van der Waals surface area contributed by atoms with E-state index < -0.39 is 0 Å². The van der Waals surface area contributed by atoms with Gasteiger partial charge >= 0.3 is 0 Å². The number of nitrogens with one attached hydrogen (secondary N) is 1. The van der Waals surface area contributed by atoms with Crippen LogP contribution in [0.15, 0.2) is 48.9 Å². The van der Waals surface area contributed by atoms with Gasteiger partial charge in [-0.2, -0.15) is 0 Å². The first-order valence-corrected chi connectivity index (χ1v) is 8.17. The highest BCUT2D eigenvalue weighted by molar-refractivity contribution is 5.40. The van der Waals surface area contributed by atoms with Crippen molar-refractivity contribution in [1.29, 1.82) is 0 Å². The minimum Gasteiger partial charge on any atom is -0.378 e. The van der Waals surface area contributed by atoms with E-state index in [0.29, 0.717) is 6.61 Å². The lowest BCUT2D eigenvalue weighted by Gasteiger charge is -2.19. The van der Waals surface area contributed by atoms with Crippen LogP contribution in [-0.4, -0.2) is 22.1 Å². The zero-order valence-corrected chi connectivity index (χ0v) is 14.4. The second kappa shape index (κ2) is 7.41. The van der Waals surface area contributed by atoms with Gasteiger partial charge in [0, 0.05) is 37.0 Å². The average molecular weight is 321 g/mol. The van der Waals surface area contributed by atoms with Crippen molar-refractivity contribution >= 4 is 0 Å². The summed E-state index contributed by atoms with van der Waals surface area (Å²) in [6.07, 6.45) is 4.47. The molecule has 1 N–H and O–H groups in total. The number of rotatable bonds is 6. The van der Waals surface area contributed by atoms with E-state index in [1.807, 2.05) is 18.3 Å². The van der Waals surface area contributed by atoms with E-state index in [-0.39, 0.29) is 5.92 Å². The van der Waals surface area contributed by atoms with E-state index in [1.165, 1.54) is 16.7 Å². The lowest BCUT2D eigenvalue weighted by Crippen LogP contribution is -2.10. The van der Waals surface area contributed by atoms with Crippen molar-refractivity contribution < 1.29 is 4.74 Å². The maximum atomic E-state index is 5.20. The Morgan fingerprint density at radius 3 is 2.62 bits per heavy atom. The highest BCUT2D eigenvalue weighted by atomic mass is 16.5. The number of hydrogen-bond acceptors (Lipinski definition) is 3.